The molecule has 2 heteroatoms. The maximum atomic E-state index is 5.51. The normalized spacial score (nSPS) is 8.15. The van der Waals surface area contributed by atoms with Crippen LogP contribution in [0.4, 0.5) is 5.69 Å². The Morgan fingerprint density at radius 1 is 1.31 bits per heavy atom. The van der Waals surface area contributed by atoms with Crippen LogP contribution in [0.25, 0.3) is 12.2 Å². The predicted octanol–water partition coefficient (Wildman–Crippen LogP) is 2.98. The van der Waals surface area contributed by atoms with Crippen molar-refractivity contribution in [3.63, 3.8) is 0 Å². The Kier molecular flexibility index (Phi) is 5.28. The van der Waals surface area contributed by atoms with Crippen molar-refractivity contribution in [3.8, 4) is 0 Å². The van der Waals surface area contributed by atoms with Crippen molar-refractivity contribution in [1.82, 2.24) is 4.98 Å². The fraction of sp³-hybridized carbons (Fsp3) is 0.182. The zero-order valence-electron chi connectivity index (χ0n) is 8.25. The van der Waals surface area contributed by atoms with Gasteiger partial charge in [0.2, 0.25) is 0 Å². The van der Waals surface area contributed by atoms with Gasteiger partial charge < -0.3 is 5.73 Å². The summed E-state index contributed by atoms with van der Waals surface area (Å²) in [5.41, 5.74) is 7.89. The molecule has 0 aliphatic heterocycles. The van der Waals surface area contributed by atoms with Gasteiger partial charge in [-0.2, -0.15) is 0 Å². The molecule has 2 N–H and O–H groups in total. The molecule has 70 valence electrons. The quantitative estimate of drug-likeness (QED) is 0.752. The molecular weight excluding hydrogens is 160 g/mol. The molecule has 2 nitrogen and oxygen atoms in total. The summed E-state index contributed by atoms with van der Waals surface area (Å²) in [5.74, 6) is 0. The zero-order chi connectivity index (χ0) is 10.3. The molecular formula is C11H16N2. The van der Waals surface area contributed by atoms with Crippen LogP contribution in [0.15, 0.2) is 25.4 Å². The molecule has 0 saturated carbocycles. The Bertz CT molecular complexity index is 290. The second-order valence-electron chi connectivity index (χ2n) is 2.15. The SMILES string of the molecule is C=Cc1cc(N)cnc1C=C.CC. The third kappa shape index (κ3) is 3.11. The predicted molar refractivity (Wildman–Crippen MR) is 60.2 cm³/mol. The van der Waals surface area contributed by atoms with Gasteiger partial charge in [-0.15, -0.1) is 0 Å². The Balaban J connectivity index is 0.000000671. The van der Waals surface area contributed by atoms with Crippen LogP contribution in [0.1, 0.15) is 25.1 Å². The van der Waals surface area contributed by atoms with Gasteiger partial charge in [-0.3, -0.25) is 4.98 Å². The Morgan fingerprint density at radius 3 is 2.38 bits per heavy atom. The Hall–Kier alpha value is -1.57. The summed E-state index contributed by atoms with van der Waals surface area (Å²) in [4.78, 5) is 4.05. The molecule has 1 aromatic rings. The first-order chi connectivity index (χ1) is 6.27. The topological polar surface area (TPSA) is 38.9 Å². The molecule has 0 saturated heterocycles. The molecule has 0 spiro atoms. The number of hydrogen-bond acceptors (Lipinski definition) is 2. The second kappa shape index (κ2) is 6.00. The maximum Gasteiger partial charge on any atom is 0.0697 e. The van der Waals surface area contributed by atoms with Gasteiger partial charge in [-0.25, -0.2) is 0 Å². The second-order valence-corrected chi connectivity index (χ2v) is 2.15. The maximum absolute atomic E-state index is 5.51. The average molecular weight is 176 g/mol. The van der Waals surface area contributed by atoms with Crippen LogP contribution < -0.4 is 5.73 Å². The first kappa shape index (κ1) is 11.4. The summed E-state index contributed by atoms with van der Waals surface area (Å²) in [6.45, 7) is 11.3. The van der Waals surface area contributed by atoms with E-state index in [1.54, 1.807) is 18.3 Å². The number of nitrogens with zero attached hydrogens (tertiary/aromatic N) is 1. The first-order valence-corrected chi connectivity index (χ1v) is 4.28. The minimum absolute atomic E-state index is 0.644. The molecule has 1 aromatic heterocycles. The number of nitrogen functional groups attached to an aromatic ring is 1. The minimum Gasteiger partial charge on any atom is -0.397 e. The van der Waals surface area contributed by atoms with E-state index in [1.165, 1.54) is 0 Å². The molecule has 1 rings (SSSR count). The van der Waals surface area contributed by atoms with E-state index in [0.717, 1.165) is 11.3 Å². The summed E-state index contributed by atoms with van der Waals surface area (Å²) >= 11 is 0. The molecule has 0 atom stereocenters. The van der Waals surface area contributed by atoms with Crippen LogP contribution in [-0.4, -0.2) is 4.98 Å². The highest BCUT2D eigenvalue weighted by Crippen LogP contribution is 2.11. The summed E-state index contributed by atoms with van der Waals surface area (Å²) in [7, 11) is 0. The molecule has 0 aliphatic carbocycles. The molecule has 0 bridgehead atoms. The van der Waals surface area contributed by atoms with Crippen LogP contribution in [0.5, 0.6) is 0 Å². The van der Waals surface area contributed by atoms with E-state index >= 15 is 0 Å². The lowest BCUT2D eigenvalue weighted by atomic mass is 10.2. The lowest BCUT2D eigenvalue weighted by molar-refractivity contribution is 1.29. The number of hydrogen-bond donors (Lipinski definition) is 1. The van der Waals surface area contributed by atoms with E-state index < -0.39 is 0 Å². The van der Waals surface area contributed by atoms with Crippen LogP contribution in [-0.2, 0) is 0 Å². The lowest BCUT2D eigenvalue weighted by Crippen LogP contribution is -1.91. The fourth-order valence-electron chi connectivity index (χ4n) is 0.843. The van der Waals surface area contributed by atoms with Crippen LogP contribution in [0, 0.1) is 0 Å². The molecule has 1 heterocycles. The van der Waals surface area contributed by atoms with Crippen LogP contribution in [0.2, 0.25) is 0 Å². The third-order valence-electron chi connectivity index (χ3n) is 1.38. The number of anilines is 1. The van der Waals surface area contributed by atoms with E-state index in [4.69, 9.17) is 5.73 Å². The first-order valence-electron chi connectivity index (χ1n) is 4.28. The highest BCUT2D eigenvalue weighted by molar-refractivity contribution is 5.63. The Labute approximate surface area is 79.8 Å². The third-order valence-corrected chi connectivity index (χ3v) is 1.38. The number of aromatic nitrogens is 1. The van der Waals surface area contributed by atoms with Crippen molar-refractivity contribution in [2.45, 2.75) is 13.8 Å². The van der Waals surface area contributed by atoms with Gasteiger partial charge in [0, 0.05) is 5.56 Å². The standard InChI is InChI=1S/C9H10N2.C2H6/c1-3-7-5-8(10)6-11-9(7)4-2;1-2/h3-6H,1-2,10H2;1-2H3. The largest absolute Gasteiger partial charge is 0.397 e. The summed E-state index contributed by atoms with van der Waals surface area (Å²) < 4.78 is 0. The number of nitrogens with two attached hydrogens (primary N) is 1. The van der Waals surface area contributed by atoms with E-state index in [9.17, 15) is 0 Å². The van der Waals surface area contributed by atoms with Gasteiger partial charge in [0.05, 0.1) is 17.6 Å². The fourth-order valence-corrected chi connectivity index (χ4v) is 0.843. The van der Waals surface area contributed by atoms with Crippen molar-refractivity contribution < 1.29 is 0 Å². The smallest absolute Gasteiger partial charge is 0.0697 e. The lowest BCUT2D eigenvalue weighted by Gasteiger charge is -1.99. The molecule has 0 unspecified atom stereocenters. The van der Waals surface area contributed by atoms with E-state index in [1.807, 2.05) is 19.9 Å². The van der Waals surface area contributed by atoms with Gasteiger partial charge >= 0.3 is 0 Å². The summed E-state index contributed by atoms with van der Waals surface area (Å²) in [6, 6.07) is 1.82. The van der Waals surface area contributed by atoms with Gasteiger partial charge in [-0.05, 0) is 12.1 Å². The van der Waals surface area contributed by atoms with Gasteiger partial charge in [0.1, 0.15) is 0 Å². The van der Waals surface area contributed by atoms with Crippen LogP contribution >= 0.6 is 0 Å². The Morgan fingerprint density at radius 2 is 1.92 bits per heavy atom. The van der Waals surface area contributed by atoms with Crippen molar-refractivity contribution in [2.75, 3.05) is 5.73 Å². The van der Waals surface area contributed by atoms with Crippen molar-refractivity contribution in [3.05, 3.63) is 36.7 Å². The highest BCUT2D eigenvalue weighted by atomic mass is 14.7. The number of pyridine rings is 1. The molecule has 0 radical (unpaired) electrons. The molecule has 0 aliphatic rings. The summed E-state index contributed by atoms with van der Waals surface area (Å²) in [6.07, 6.45) is 4.99. The van der Waals surface area contributed by atoms with Crippen molar-refractivity contribution in [1.29, 1.82) is 0 Å². The monoisotopic (exact) mass is 176 g/mol. The van der Waals surface area contributed by atoms with E-state index in [-0.39, 0.29) is 0 Å². The minimum atomic E-state index is 0.644. The molecule has 0 fully saturated rings. The van der Waals surface area contributed by atoms with Crippen molar-refractivity contribution >= 4 is 17.8 Å². The van der Waals surface area contributed by atoms with Gasteiger partial charge in [0.15, 0.2) is 0 Å². The van der Waals surface area contributed by atoms with E-state index in [0.29, 0.717) is 5.69 Å². The zero-order valence-corrected chi connectivity index (χ0v) is 8.25. The number of rotatable bonds is 2. The molecule has 0 amide bonds. The molecule has 13 heavy (non-hydrogen) atoms. The van der Waals surface area contributed by atoms with Gasteiger partial charge in [0.25, 0.3) is 0 Å². The average Bonchev–Trinajstić information content (AvgIpc) is 2.20. The van der Waals surface area contributed by atoms with Gasteiger partial charge in [-0.1, -0.05) is 33.1 Å². The van der Waals surface area contributed by atoms with Crippen LogP contribution in [0.3, 0.4) is 0 Å². The highest BCUT2D eigenvalue weighted by Gasteiger charge is 1.95. The van der Waals surface area contributed by atoms with Crippen molar-refractivity contribution in [2.24, 2.45) is 0 Å². The summed E-state index contributed by atoms with van der Waals surface area (Å²) in [5, 5.41) is 0. The van der Waals surface area contributed by atoms with E-state index in [2.05, 4.69) is 18.1 Å². The molecule has 0 aromatic carbocycles.